The molecule has 0 heterocycles. The molecule has 2 rings (SSSR count). The fraction of sp³-hybridized carbons (Fsp3) is 0.531. The molecule has 0 aliphatic rings. The molecule has 0 fully saturated rings. The Kier molecular flexibility index (Phi) is 15.9. The molecule has 2 unspecified atom stereocenters. The summed E-state index contributed by atoms with van der Waals surface area (Å²) in [6.45, 7) is 6.19. The average Bonchev–Trinajstić information content (AvgIpc) is 2.98. The van der Waals surface area contributed by atoms with Gasteiger partial charge in [-0.15, -0.1) is 0 Å². The molecular formula is C32H48N3O6P. The smallest absolute Gasteiger partial charge is 0.407 e. The van der Waals surface area contributed by atoms with E-state index in [0.717, 1.165) is 12.0 Å². The third kappa shape index (κ3) is 12.0. The minimum atomic E-state index is -1.31. The molecule has 3 atom stereocenters. The van der Waals surface area contributed by atoms with Gasteiger partial charge in [-0.25, -0.2) is 4.79 Å². The van der Waals surface area contributed by atoms with E-state index in [4.69, 9.17) is 9.84 Å². The third-order valence-electron chi connectivity index (χ3n) is 7.07. The lowest BCUT2D eigenvalue weighted by Crippen LogP contribution is -2.59. The van der Waals surface area contributed by atoms with E-state index in [1.54, 1.807) is 24.0 Å². The molecule has 0 aromatic heterocycles. The van der Waals surface area contributed by atoms with E-state index in [9.17, 15) is 18.9 Å². The second kappa shape index (κ2) is 19.1. The van der Waals surface area contributed by atoms with Crippen LogP contribution >= 0.6 is 8.46 Å². The Balaban J connectivity index is 2.22. The fourth-order valence-corrected chi connectivity index (χ4v) is 5.69. The van der Waals surface area contributed by atoms with E-state index >= 15 is 0 Å². The Morgan fingerprint density at radius 1 is 0.976 bits per heavy atom. The number of hydrogen-bond acceptors (Lipinski definition) is 6. The summed E-state index contributed by atoms with van der Waals surface area (Å²) in [6, 6.07) is 19.1. The highest BCUT2D eigenvalue weighted by atomic mass is 31.1. The first kappa shape index (κ1) is 35.0. The zero-order valence-corrected chi connectivity index (χ0v) is 26.4. The Morgan fingerprint density at radius 3 is 2.26 bits per heavy atom. The van der Waals surface area contributed by atoms with E-state index in [1.165, 1.54) is 0 Å². The van der Waals surface area contributed by atoms with Crippen molar-refractivity contribution in [3.05, 3.63) is 66.2 Å². The second-order valence-electron chi connectivity index (χ2n) is 11.2. The zero-order chi connectivity index (χ0) is 30.8. The Morgan fingerprint density at radius 2 is 1.64 bits per heavy atom. The van der Waals surface area contributed by atoms with E-state index < -0.39 is 20.1 Å². The number of para-hydroxylation sites is 1. The lowest BCUT2D eigenvalue weighted by Gasteiger charge is -2.43. The van der Waals surface area contributed by atoms with Crippen LogP contribution in [0.15, 0.2) is 60.7 Å². The highest BCUT2D eigenvalue weighted by Gasteiger charge is 2.46. The van der Waals surface area contributed by atoms with Crippen molar-refractivity contribution >= 4 is 32.1 Å². The second-order valence-corrected chi connectivity index (χ2v) is 11.9. The number of alkyl carbamates (subject to hydrolysis) is 1. The molecular weight excluding hydrogens is 553 g/mol. The highest BCUT2D eigenvalue weighted by molar-refractivity contribution is 7.23. The van der Waals surface area contributed by atoms with Crippen molar-refractivity contribution in [2.45, 2.75) is 71.3 Å². The molecule has 3 N–H and O–H groups in total. The first-order valence-corrected chi connectivity index (χ1v) is 16.2. The van der Waals surface area contributed by atoms with Gasteiger partial charge in [0.1, 0.15) is 5.54 Å². The van der Waals surface area contributed by atoms with Crippen LogP contribution in [0, 0.1) is 11.8 Å². The van der Waals surface area contributed by atoms with Crippen molar-refractivity contribution in [2.75, 3.05) is 31.4 Å². The maximum Gasteiger partial charge on any atom is 0.407 e. The SMILES string of the molecule is CC(C)C[C@@](CCCCNC(=O)OCC(C)CO)(C(=O)Nc1ccccc1)N(C[PH2]=O)C(=O)CCCc1ccccc1. The predicted octanol–water partition coefficient (Wildman–Crippen LogP) is 5.50. The fourth-order valence-electron chi connectivity index (χ4n) is 4.99. The molecule has 0 radical (unpaired) electrons. The normalized spacial score (nSPS) is 13.5. The number of nitrogens with zero attached hydrogens (tertiary/aromatic N) is 1. The van der Waals surface area contributed by atoms with Crippen LogP contribution in [0.25, 0.3) is 0 Å². The monoisotopic (exact) mass is 601 g/mol. The number of hydrogen-bond donors (Lipinski definition) is 3. The van der Waals surface area contributed by atoms with E-state index in [-0.39, 0.29) is 49.6 Å². The van der Waals surface area contributed by atoms with Crippen molar-refractivity contribution in [2.24, 2.45) is 11.8 Å². The number of anilines is 1. The first-order chi connectivity index (χ1) is 20.2. The molecule has 10 heteroatoms. The van der Waals surface area contributed by atoms with Gasteiger partial charge in [0.25, 0.3) is 0 Å². The highest BCUT2D eigenvalue weighted by Crippen LogP contribution is 2.34. The number of nitrogens with one attached hydrogen (secondary N) is 2. The van der Waals surface area contributed by atoms with Gasteiger partial charge in [-0.2, -0.15) is 0 Å². The zero-order valence-electron chi connectivity index (χ0n) is 25.2. The molecule has 3 amide bonds. The van der Waals surface area contributed by atoms with Crippen molar-refractivity contribution in [1.29, 1.82) is 0 Å². The minimum Gasteiger partial charge on any atom is -0.449 e. The molecule has 2 aromatic rings. The number of aryl methyl sites for hydroxylation is 1. The van der Waals surface area contributed by atoms with Crippen molar-refractivity contribution < 1.29 is 28.8 Å². The van der Waals surface area contributed by atoms with Gasteiger partial charge in [0.15, 0.2) is 0 Å². The van der Waals surface area contributed by atoms with Crippen LogP contribution in [-0.4, -0.2) is 59.5 Å². The number of amides is 3. The predicted molar refractivity (Wildman–Crippen MR) is 168 cm³/mol. The molecule has 42 heavy (non-hydrogen) atoms. The Bertz CT molecular complexity index is 1100. The van der Waals surface area contributed by atoms with Crippen molar-refractivity contribution in [3.8, 4) is 0 Å². The van der Waals surface area contributed by atoms with Crippen LogP contribution in [0.1, 0.15) is 64.9 Å². The van der Waals surface area contributed by atoms with Gasteiger partial charge in [0.2, 0.25) is 11.8 Å². The summed E-state index contributed by atoms with van der Waals surface area (Å²) in [6.07, 6.45) is 2.92. The molecule has 0 aliphatic heterocycles. The Labute approximate surface area is 251 Å². The van der Waals surface area contributed by atoms with Crippen LogP contribution in [-0.2, 0) is 25.3 Å². The lowest BCUT2D eigenvalue weighted by molar-refractivity contribution is -0.146. The number of benzene rings is 2. The lowest BCUT2D eigenvalue weighted by atomic mass is 9.81. The molecule has 0 saturated carbocycles. The van der Waals surface area contributed by atoms with Crippen LogP contribution in [0.3, 0.4) is 0 Å². The molecule has 232 valence electrons. The largest absolute Gasteiger partial charge is 0.449 e. The van der Waals surface area contributed by atoms with Gasteiger partial charge in [-0.05, 0) is 62.1 Å². The van der Waals surface area contributed by atoms with Gasteiger partial charge in [-0.3, -0.25) is 9.59 Å². The van der Waals surface area contributed by atoms with Crippen LogP contribution < -0.4 is 10.6 Å². The summed E-state index contributed by atoms with van der Waals surface area (Å²) in [4.78, 5) is 41.5. The summed E-state index contributed by atoms with van der Waals surface area (Å²) in [7, 11) is -1.31. The van der Waals surface area contributed by atoms with E-state index in [0.29, 0.717) is 44.3 Å². The Hall–Kier alpha value is -3.16. The van der Waals surface area contributed by atoms with E-state index in [1.807, 2.05) is 62.4 Å². The first-order valence-electron chi connectivity index (χ1n) is 14.9. The van der Waals surface area contributed by atoms with Crippen LogP contribution in [0.4, 0.5) is 10.5 Å². The van der Waals surface area contributed by atoms with Gasteiger partial charge in [0, 0.05) is 31.2 Å². The third-order valence-corrected chi connectivity index (χ3v) is 7.59. The van der Waals surface area contributed by atoms with Crippen molar-refractivity contribution in [3.63, 3.8) is 0 Å². The molecule has 0 bridgehead atoms. The summed E-state index contributed by atoms with van der Waals surface area (Å²) in [5.74, 6) is -0.542. The summed E-state index contributed by atoms with van der Waals surface area (Å²) >= 11 is 0. The summed E-state index contributed by atoms with van der Waals surface area (Å²) < 4.78 is 17.2. The van der Waals surface area contributed by atoms with Gasteiger partial charge < -0.3 is 29.9 Å². The average molecular weight is 602 g/mol. The molecule has 2 aromatic carbocycles. The van der Waals surface area contributed by atoms with E-state index in [2.05, 4.69) is 10.6 Å². The van der Waals surface area contributed by atoms with Crippen molar-refractivity contribution in [1.82, 2.24) is 10.2 Å². The number of carbonyl (C=O) groups excluding carboxylic acids is 3. The standard InChI is InChI=1S/C32H48N3O6P/c1-25(2)21-32(30(38)34-28-16-8-5-9-17-28,19-10-11-20-33-31(39)41-23-26(3)22-36)35(24-42-40)29(37)18-12-15-27-13-6-4-7-14-27/h4-9,13-14,16-17,25-26,36H,10-12,15,18-24,42H2,1-3H3,(H,33,39)(H,34,38)/t26?,32-/m0/s1. The summed E-state index contributed by atoms with van der Waals surface area (Å²) in [5, 5.41) is 14.8. The maximum atomic E-state index is 14.1. The van der Waals surface area contributed by atoms with Gasteiger partial charge in [-0.1, -0.05) is 69.3 Å². The summed E-state index contributed by atoms with van der Waals surface area (Å²) in [5.41, 5.74) is 0.559. The number of ether oxygens (including phenoxy) is 1. The number of unbranched alkanes of at least 4 members (excludes halogenated alkanes) is 1. The number of aliphatic hydroxyl groups is 1. The van der Waals surface area contributed by atoms with Gasteiger partial charge in [0.05, 0.1) is 21.4 Å². The molecule has 0 saturated heterocycles. The maximum absolute atomic E-state index is 14.1. The van der Waals surface area contributed by atoms with Crippen LogP contribution in [0.5, 0.6) is 0 Å². The van der Waals surface area contributed by atoms with Gasteiger partial charge >= 0.3 is 6.09 Å². The topological polar surface area (TPSA) is 125 Å². The molecule has 0 spiro atoms. The number of carbonyl (C=O) groups is 3. The minimum absolute atomic E-state index is 0.0206. The quantitative estimate of drug-likeness (QED) is 0.144. The number of rotatable bonds is 19. The van der Waals surface area contributed by atoms with Crippen LogP contribution in [0.2, 0.25) is 0 Å². The molecule has 0 aliphatic carbocycles. The number of aliphatic hydroxyl groups excluding tert-OH is 1. The molecule has 9 nitrogen and oxygen atoms in total.